The number of rotatable bonds is 6. The molecule has 2 bridgehead atoms. The number of amides is 1. The molecule has 2 aromatic rings. The molecular formula is C21H28N4O4S. The zero-order valence-electron chi connectivity index (χ0n) is 17.5. The number of carbonyl (C=O) groups excluding carboxylic acids is 1. The highest BCUT2D eigenvalue weighted by atomic mass is 32.2. The summed E-state index contributed by atoms with van der Waals surface area (Å²) in [5.41, 5.74) is 1.26. The predicted molar refractivity (Wildman–Crippen MR) is 112 cm³/mol. The first-order valence-electron chi connectivity index (χ1n) is 10.3. The topological polar surface area (TPSA) is 93.5 Å². The third-order valence-corrected chi connectivity index (χ3v) is 7.55. The number of sulfonamides is 1. The van der Waals surface area contributed by atoms with Crippen LogP contribution in [0.3, 0.4) is 0 Å². The number of benzene rings is 1. The zero-order chi connectivity index (χ0) is 21.5. The fourth-order valence-electron chi connectivity index (χ4n) is 4.73. The highest BCUT2D eigenvalue weighted by Crippen LogP contribution is 2.38. The van der Waals surface area contributed by atoms with E-state index in [-0.39, 0.29) is 28.8 Å². The molecule has 0 radical (unpaired) electrons. The Morgan fingerprint density at radius 1 is 1.23 bits per heavy atom. The van der Waals surface area contributed by atoms with Crippen LogP contribution >= 0.6 is 0 Å². The maximum Gasteiger partial charge on any atom is 0.257 e. The number of hydrogen-bond donors (Lipinski definition) is 1. The van der Waals surface area contributed by atoms with Gasteiger partial charge in [-0.15, -0.1) is 0 Å². The molecule has 1 aliphatic heterocycles. The van der Waals surface area contributed by atoms with E-state index in [9.17, 15) is 13.2 Å². The number of hydrogen-bond acceptors (Lipinski definition) is 5. The molecule has 0 spiro atoms. The van der Waals surface area contributed by atoms with Crippen molar-refractivity contribution in [2.75, 3.05) is 19.7 Å². The molecule has 1 aromatic carbocycles. The lowest BCUT2D eigenvalue weighted by Crippen LogP contribution is -2.54. The summed E-state index contributed by atoms with van der Waals surface area (Å²) >= 11 is 0. The average Bonchev–Trinajstić information content (AvgIpc) is 3.15. The number of piperidine rings is 1. The van der Waals surface area contributed by atoms with Gasteiger partial charge in [-0.3, -0.25) is 9.48 Å². The molecule has 1 unspecified atom stereocenters. The molecule has 8 nitrogen and oxygen atoms in total. The van der Waals surface area contributed by atoms with Gasteiger partial charge in [-0.05, 0) is 62.8 Å². The van der Waals surface area contributed by atoms with Gasteiger partial charge in [0.1, 0.15) is 5.75 Å². The van der Waals surface area contributed by atoms with Crippen LogP contribution in [0.2, 0.25) is 0 Å². The summed E-state index contributed by atoms with van der Waals surface area (Å²) in [5, 5.41) is 4.32. The number of fused-ring (bicyclic) bond motifs is 2. The summed E-state index contributed by atoms with van der Waals surface area (Å²) in [4.78, 5) is 14.9. The first-order valence-corrected chi connectivity index (χ1v) is 11.8. The van der Waals surface area contributed by atoms with Gasteiger partial charge in [0.05, 0.1) is 12.3 Å². The minimum Gasteiger partial charge on any atom is -0.494 e. The van der Waals surface area contributed by atoms with Gasteiger partial charge in [0, 0.05) is 31.7 Å². The van der Waals surface area contributed by atoms with E-state index in [1.807, 2.05) is 24.0 Å². The van der Waals surface area contributed by atoms with E-state index in [0.717, 1.165) is 12.8 Å². The third kappa shape index (κ3) is 3.96. The van der Waals surface area contributed by atoms with Gasteiger partial charge in [-0.2, -0.15) is 5.10 Å². The van der Waals surface area contributed by atoms with Gasteiger partial charge in [0.2, 0.25) is 0 Å². The maximum atomic E-state index is 13.1. The first-order chi connectivity index (χ1) is 14.3. The van der Waals surface area contributed by atoms with Crippen molar-refractivity contribution in [1.82, 2.24) is 19.4 Å². The second kappa shape index (κ2) is 8.03. The summed E-state index contributed by atoms with van der Waals surface area (Å²) in [6.07, 6.45) is 1.82. The lowest BCUT2D eigenvalue weighted by molar-refractivity contribution is 0.0627. The van der Waals surface area contributed by atoms with Crippen LogP contribution in [-0.2, 0) is 17.1 Å². The number of carbonyl (C=O) groups is 1. The highest BCUT2D eigenvalue weighted by Gasteiger charge is 2.45. The maximum absolute atomic E-state index is 13.1. The second-order valence-electron chi connectivity index (χ2n) is 8.16. The Hall–Kier alpha value is -2.39. The second-order valence-corrected chi connectivity index (χ2v) is 9.82. The van der Waals surface area contributed by atoms with Crippen LogP contribution in [0.25, 0.3) is 0 Å². The van der Waals surface area contributed by atoms with Crippen molar-refractivity contribution in [2.24, 2.45) is 18.9 Å². The Balaban J connectivity index is 1.48. The Morgan fingerprint density at radius 2 is 1.93 bits per heavy atom. The Morgan fingerprint density at radius 3 is 2.53 bits per heavy atom. The van der Waals surface area contributed by atoms with Gasteiger partial charge < -0.3 is 9.64 Å². The molecule has 2 aliphatic rings. The summed E-state index contributed by atoms with van der Waals surface area (Å²) in [7, 11) is -2.03. The third-order valence-electron chi connectivity index (χ3n) is 6.04. The smallest absolute Gasteiger partial charge is 0.257 e. The zero-order valence-corrected chi connectivity index (χ0v) is 18.4. The standard InChI is InChI=1S/C21H28N4O4S/c1-4-29-18-7-5-6-15(11-18)21(26)25-12-16-8-9-17(13-25)20(16)23-30(27,28)19-10-14(2)22-24(19)3/h5-7,10-11,16-17,20,23H,4,8-9,12-13H2,1-3H3/t16-,17+,20?. The molecule has 1 N–H and O–H groups in total. The Labute approximate surface area is 177 Å². The number of likely N-dealkylation sites (tertiary alicyclic amines) is 1. The van der Waals surface area contributed by atoms with Gasteiger partial charge >= 0.3 is 0 Å². The van der Waals surface area contributed by atoms with E-state index >= 15 is 0 Å². The fourth-order valence-corrected chi connectivity index (χ4v) is 6.31. The van der Waals surface area contributed by atoms with E-state index in [1.165, 1.54) is 4.68 Å². The molecule has 1 saturated heterocycles. The van der Waals surface area contributed by atoms with E-state index in [0.29, 0.717) is 36.7 Å². The number of aromatic nitrogens is 2. The fraction of sp³-hybridized carbons (Fsp3) is 0.524. The average molecular weight is 433 g/mol. The number of nitrogens with zero attached hydrogens (tertiary/aromatic N) is 3. The summed E-state index contributed by atoms with van der Waals surface area (Å²) in [6, 6.07) is 8.65. The van der Waals surface area contributed by atoms with Gasteiger partial charge in [-0.1, -0.05) is 6.07 Å². The molecule has 1 aromatic heterocycles. The van der Waals surface area contributed by atoms with E-state index in [4.69, 9.17) is 4.74 Å². The summed E-state index contributed by atoms with van der Waals surface area (Å²) in [6.45, 7) is 5.32. The SMILES string of the molecule is CCOc1cccc(C(=O)N2C[C@H]3CC[C@@H](C2)C3NS(=O)(=O)c2cc(C)nn2C)c1. The molecule has 1 amide bonds. The van der Waals surface area contributed by atoms with Gasteiger partial charge in [0.15, 0.2) is 5.03 Å². The van der Waals surface area contributed by atoms with E-state index in [1.54, 1.807) is 32.2 Å². The van der Waals surface area contributed by atoms with Gasteiger partial charge in [-0.25, -0.2) is 13.1 Å². The Kier molecular flexibility index (Phi) is 5.59. The number of nitrogens with one attached hydrogen (secondary N) is 1. The summed E-state index contributed by atoms with van der Waals surface area (Å²) < 4.78 is 35.7. The summed E-state index contributed by atoms with van der Waals surface area (Å²) in [5.74, 6) is 0.858. The van der Waals surface area contributed by atoms with Crippen LogP contribution in [-0.4, -0.2) is 54.7 Å². The molecule has 162 valence electrons. The van der Waals surface area contributed by atoms with Crippen LogP contribution in [0.15, 0.2) is 35.4 Å². The van der Waals surface area contributed by atoms with Crippen LogP contribution in [0.1, 0.15) is 35.8 Å². The van der Waals surface area contributed by atoms with Crippen molar-refractivity contribution in [3.63, 3.8) is 0 Å². The molecule has 1 saturated carbocycles. The van der Waals surface area contributed by atoms with Crippen molar-refractivity contribution in [3.8, 4) is 5.75 Å². The first kappa shape index (κ1) is 20.9. The monoisotopic (exact) mass is 432 g/mol. The van der Waals surface area contributed by atoms with Crippen molar-refractivity contribution >= 4 is 15.9 Å². The minimum atomic E-state index is -3.67. The van der Waals surface area contributed by atoms with Crippen LogP contribution in [0, 0.1) is 18.8 Å². The molecular weight excluding hydrogens is 404 g/mol. The predicted octanol–water partition coefficient (Wildman–Crippen LogP) is 1.96. The van der Waals surface area contributed by atoms with Crippen molar-refractivity contribution in [1.29, 1.82) is 0 Å². The highest BCUT2D eigenvalue weighted by molar-refractivity contribution is 7.89. The van der Waals surface area contributed by atoms with E-state index < -0.39 is 10.0 Å². The minimum absolute atomic E-state index is 0.0305. The molecule has 3 atom stereocenters. The molecule has 30 heavy (non-hydrogen) atoms. The van der Waals surface area contributed by atoms with Crippen molar-refractivity contribution in [2.45, 2.75) is 37.8 Å². The molecule has 2 fully saturated rings. The lowest BCUT2D eigenvalue weighted by atomic mass is 9.92. The largest absolute Gasteiger partial charge is 0.494 e. The lowest BCUT2D eigenvalue weighted by Gasteiger charge is -2.38. The molecule has 9 heteroatoms. The molecule has 2 heterocycles. The normalized spacial score (nSPS) is 23.6. The molecule has 1 aliphatic carbocycles. The number of ether oxygens (including phenoxy) is 1. The Bertz CT molecular complexity index is 1040. The van der Waals surface area contributed by atoms with Crippen LogP contribution in [0.4, 0.5) is 0 Å². The van der Waals surface area contributed by atoms with Crippen LogP contribution < -0.4 is 9.46 Å². The van der Waals surface area contributed by atoms with E-state index in [2.05, 4.69) is 9.82 Å². The quantitative estimate of drug-likeness (QED) is 0.753. The van der Waals surface area contributed by atoms with Gasteiger partial charge in [0.25, 0.3) is 15.9 Å². The number of aryl methyl sites for hydroxylation is 2. The van der Waals surface area contributed by atoms with Crippen LogP contribution in [0.5, 0.6) is 5.75 Å². The van der Waals surface area contributed by atoms with Crippen molar-refractivity contribution < 1.29 is 17.9 Å². The molecule has 4 rings (SSSR count). The van der Waals surface area contributed by atoms with Crippen molar-refractivity contribution in [3.05, 3.63) is 41.6 Å².